The first-order valence-electron chi connectivity index (χ1n) is 9.12. The molecule has 0 spiro atoms. The van der Waals surface area contributed by atoms with Crippen molar-refractivity contribution in [2.24, 2.45) is 0 Å². The fourth-order valence-corrected chi connectivity index (χ4v) is 2.77. The summed E-state index contributed by atoms with van der Waals surface area (Å²) in [6.45, 7) is 6.75. The Morgan fingerprint density at radius 2 is 2.14 bits per heavy atom. The van der Waals surface area contributed by atoms with Crippen molar-refractivity contribution in [2.75, 3.05) is 23.8 Å². The number of H-pyrrole nitrogens is 1. The predicted molar refractivity (Wildman–Crippen MR) is 108 cm³/mol. The lowest BCUT2D eigenvalue weighted by atomic mass is 10.1. The molecular formula is C20H23N7O. The summed E-state index contributed by atoms with van der Waals surface area (Å²) in [5.74, 6) is 2.67. The maximum Gasteiger partial charge on any atom is 0.146 e. The molecule has 0 aliphatic rings. The molecule has 8 nitrogen and oxygen atoms in total. The fourth-order valence-electron chi connectivity index (χ4n) is 2.77. The molecule has 0 aromatic carbocycles. The van der Waals surface area contributed by atoms with E-state index in [1.807, 2.05) is 45.0 Å². The molecule has 0 fully saturated rings. The van der Waals surface area contributed by atoms with Crippen LogP contribution in [0.3, 0.4) is 0 Å². The van der Waals surface area contributed by atoms with Crippen LogP contribution in [0.15, 0.2) is 30.5 Å². The van der Waals surface area contributed by atoms with Crippen molar-refractivity contribution in [3.8, 4) is 11.8 Å². The first-order valence-corrected chi connectivity index (χ1v) is 9.12. The number of hydrogen-bond donors (Lipinski definition) is 3. The zero-order valence-electron chi connectivity index (χ0n) is 16.2. The Labute approximate surface area is 164 Å². The summed E-state index contributed by atoms with van der Waals surface area (Å²) >= 11 is 0. The zero-order valence-corrected chi connectivity index (χ0v) is 16.2. The van der Waals surface area contributed by atoms with E-state index >= 15 is 0 Å². The molecule has 0 saturated heterocycles. The van der Waals surface area contributed by atoms with Gasteiger partial charge in [-0.25, -0.2) is 4.98 Å². The molecule has 0 aliphatic heterocycles. The average molecular weight is 377 g/mol. The van der Waals surface area contributed by atoms with E-state index in [-0.39, 0.29) is 0 Å². The van der Waals surface area contributed by atoms with Crippen LogP contribution in [0, 0.1) is 25.2 Å². The van der Waals surface area contributed by atoms with Crippen LogP contribution in [-0.4, -0.2) is 33.3 Å². The molecule has 0 amide bonds. The molecule has 0 saturated carbocycles. The summed E-state index contributed by atoms with van der Waals surface area (Å²) in [6.07, 6.45) is 2.46. The lowest BCUT2D eigenvalue weighted by Gasteiger charge is -2.14. The molecule has 0 radical (unpaired) electrons. The van der Waals surface area contributed by atoms with Crippen molar-refractivity contribution in [3.63, 3.8) is 0 Å². The van der Waals surface area contributed by atoms with Gasteiger partial charge in [-0.3, -0.25) is 10.1 Å². The van der Waals surface area contributed by atoms with Crippen molar-refractivity contribution in [3.05, 3.63) is 53.0 Å². The molecule has 28 heavy (non-hydrogen) atoms. The number of rotatable bonds is 8. The minimum Gasteiger partial charge on any atom is -0.490 e. The standard InChI is InChI=1S/C20H23N7O/c1-4-15-11-18(24-19-10-13(2)26-27-19)25-20(16(15)12-21)23-8-9-28-17-6-5-7-22-14(17)3/h5-7,10-11H,4,8-9H2,1-3H3,(H3,23,24,25,26,27). The van der Waals surface area contributed by atoms with Gasteiger partial charge in [0.2, 0.25) is 0 Å². The Hall–Kier alpha value is -3.60. The number of anilines is 3. The van der Waals surface area contributed by atoms with Gasteiger partial charge in [0.25, 0.3) is 0 Å². The number of aryl methyl sites for hydroxylation is 3. The van der Waals surface area contributed by atoms with E-state index in [0.29, 0.717) is 30.4 Å². The number of nitrogens with zero attached hydrogens (tertiary/aromatic N) is 4. The van der Waals surface area contributed by atoms with Crippen molar-refractivity contribution in [1.29, 1.82) is 5.26 Å². The second-order valence-corrected chi connectivity index (χ2v) is 6.27. The van der Waals surface area contributed by atoms with E-state index in [1.165, 1.54) is 0 Å². The summed E-state index contributed by atoms with van der Waals surface area (Å²) in [5.41, 5.74) is 3.19. The molecule has 3 aromatic rings. The van der Waals surface area contributed by atoms with Crippen molar-refractivity contribution in [2.45, 2.75) is 27.2 Å². The minimum absolute atomic E-state index is 0.429. The van der Waals surface area contributed by atoms with E-state index in [2.05, 4.69) is 36.9 Å². The third-order valence-corrected chi connectivity index (χ3v) is 4.17. The number of nitrogens with one attached hydrogen (secondary N) is 3. The Balaban J connectivity index is 1.72. The number of pyridine rings is 2. The van der Waals surface area contributed by atoms with Gasteiger partial charge in [0.1, 0.15) is 35.9 Å². The summed E-state index contributed by atoms with van der Waals surface area (Å²) in [5, 5.41) is 23.0. The van der Waals surface area contributed by atoms with Gasteiger partial charge in [0, 0.05) is 12.3 Å². The van der Waals surface area contributed by atoms with Gasteiger partial charge in [0.05, 0.1) is 23.5 Å². The number of ether oxygens (including phenoxy) is 1. The molecule has 0 unspecified atom stereocenters. The van der Waals surface area contributed by atoms with Crippen LogP contribution in [0.25, 0.3) is 0 Å². The number of aromatic amines is 1. The van der Waals surface area contributed by atoms with Crippen LogP contribution >= 0.6 is 0 Å². The third kappa shape index (κ3) is 4.57. The highest BCUT2D eigenvalue weighted by atomic mass is 16.5. The van der Waals surface area contributed by atoms with Gasteiger partial charge in [-0.1, -0.05) is 6.92 Å². The molecule has 0 atom stereocenters. The van der Waals surface area contributed by atoms with E-state index in [0.717, 1.165) is 34.9 Å². The first-order chi connectivity index (χ1) is 13.6. The van der Waals surface area contributed by atoms with Gasteiger partial charge in [0.15, 0.2) is 0 Å². The number of aromatic nitrogens is 4. The maximum absolute atomic E-state index is 9.58. The Bertz CT molecular complexity index is 990. The lowest BCUT2D eigenvalue weighted by Crippen LogP contribution is -2.15. The molecule has 3 aromatic heterocycles. The summed E-state index contributed by atoms with van der Waals surface area (Å²) < 4.78 is 5.75. The highest BCUT2D eigenvalue weighted by Gasteiger charge is 2.12. The van der Waals surface area contributed by atoms with Crippen LogP contribution in [0.4, 0.5) is 17.5 Å². The Morgan fingerprint density at radius 3 is 2.82 bits per heavy atom. The second-order valence-electron chi connectivity index (χ2n) is 6.27. The molecule has 8 heteroatoms. The molecule has 3 N–H and O–H groups in total. The van der Waals surface area contributed by atoms with E-state index in [9.17, 15) is 5.26 Å². The molecule has 144 valence electrons. The van der Waals surface area contributed by atoms with Crippen molar-refractivity contribution < 1.29 is 4.74 Å². The van der Waals surface area contributed by atoms with Crippen LogP contribution in [0.2, 0.25) is 0 Å². The highest BCUT2D eigenvalue weighted by molar-refractivity contribution is 5.64. The van der Waals surface area contributed by atoms with Gasteiger partial charge in [-0.05, 0) is 44.0 Å². The van der Waals surface area contributed by atoms with E-state index in [4.69, 9.17) is 4.74 Å². The largest absolute Gasteiger partial charge is 0.490 e. The quantitative estimate of drug-likeness (QED) is 0.515. The molecule has 3 rings (SSSR count). The topological polar surface area (TPSA) is 112 Å². The highest BCUT2D eigenvalue weighted by Crippen LogP contribution is 2.24. The fraction of sp³-hybridized carbons (Fsp3) is 0.300. The van der Waals surface area contributed by atoms with E-state index < -0.39 is 0 Å². The molecule has 3 heterocycles. The molecular weight excluding hydrogens is 354 g/mol. The van der Waals surface area contributed by atoms with Crippen molar-refractivity contribution in [1.82, 2.24) is 20.2 Å². The smallest absolute Gasteiger partial charge is 0.146 e. The monoisotopic (exact) mass is 377 g/mol. The van der Waals surface area contributed by atoms with Crippen LogP contribution in [0.5, 0.6) is 5.75 Å². The lowest BCUT2D eigenvalue weighted by molar-refractivity contribution is 0.329. The maximum atomic E-state index is 9.58. The van der Waals surface area contributed by atoms with Gasteiger partial charge >= 0.3 is 0 Å². The molecule has 0 aliphatic carbocycles. The number of hydrogen-bond acceptors (Lipinski definition) is 7. The Morgan fingerprint density at radius 1 is 1.29 bits per heavy atom. The first kappa shape index (κ1) is 19.2. The van der Waals surface area contributed by atoms with Gasteiger partial charge in [-0.2, -0.15) is 10.4 Å². The van der Waals surface area contributed by atoms with Crippen LogP contribution in [-0.2, 0) is 6.42 Å². The SMILES string of the molecule is CCc1cc(Nc2cc(C)n[nH]2)nc(NCCOc2cccnc2C)c1C#N. The van der Waals surface area contributed by atoms with Gasteiger partial charge < -0.3 is 15.4 Å². The van der Waals surface area contributed by atoms with Crippen LogP contribution < -0.4 is 15.4 Å². The summed E-state index contributed by atoms with van der Waals surface area (Å²) in [6, 6.07) is 9.75. The minimum atomic E-state index is 0.429. The Kier molecular flexibility index (Phi) is 6.07. The van der Waals surface area contributed by atoms with E-state index in [1.54, 1.807) is 6.20 Å². The van der Waals surface area contributed by atoms with Gasteiger partial charge in [-0.15, -0.1) is 0 Å². The van der Waals surface area contributed by atoms with Crippen LogP contribution in [0.1, 0.15) is 29.4 Å². The predicted octanol–water partition coefficient (Wildman–Crippen LogP) is 3.49. The normalized spacial score (nSPS) is 10.4. The molecule has 0 bridgehead atoms. The summed E-state index contributed by atoms with van der Waals surface area (Å²) in [7, 11) is 0. The number of nitriles is 1. The van der Waals surface area contributed by atoms with Crippen molar-refractivity contribution >= 4 is 17.5 Å². The third-order valence-electron chi connectivity index (χ3n) is 4.17. The average Bonchev–Trinajstić information content (AvgIpc) is 3.10. The summed E-state index contributed by atoms with van der Waals surface area (Å²) in [4.78, 5) is 8.76. The second kappa shape index (κ2) is 8.86. The zero-order chi connectivity index (χ0) is 19.9.